The first-order valence-electron chi connectivity index (χ1n) is 8.46. The molecule has 1 saturated carbocycles. The SMILES string of the molecule is C=C1CCCC(C)(C)[C@@H]1CC/C(C)=C\CC/C(C)=C\CO. The lowest BCUT2D eigenvalue weighted by molar-refractivity contribution is 0.180. The fourth-order valence-electron chi connectivity index (χ4n) is 3.55. The summed E-state index contributed by atoms with van der Waals surface area (Å²) in [6.07, 6.45) is 12.7. The number of hydrogen-bond donors (Lipinski definition) is 1. The third-order valence-electron chi connectivity index (χ3n) is 5.05. The Morgan fingerprint density at radius 2 is 1.90 bits per heavy atom. The fourth-order valence-corrected chi connectivity index (χ4v) is 3.55. The average molecular weight is 290 g/mol. The van der Waals surface area contributed by atoms with Crippen molar-refractivity contribution in [1.82, 2.24) is 0 Å². The summed E-state index contributed by atoms with van der Waals surface area (Å²) in [7, 11) is 0. The van der Waals surface area contributed by atoms with E-state index >= 15 is 0 Å². The molecule has 0 radical (unpaired) electrons. The lowest BCUT2D eigenvalue weighted by atomic mass is 9.65. The van der Waals surface area contributed by atoms with Gasteiger partial charge in [-0.05, 0) is 70.1 Å². The van der Waals surface area contributed by atoms with Gasteiger partial charge >= 0.3 is 0 Å². The third-order valence-corrected chi connectivity index (χ3v) is 5.05. The second-order valence-corrected chi connectivity index (χ2v) is 7.41. The maximum atomic E-state index is 8.85. The summed E-state index contributed by atoms with van der Waals surface area (Å²) in [6, 6.07) is 0. The van der Waals surface area contributed by atoms with Gasteiger partial charge in [0.1, 0.15) is 0 Å². The summed E-state index contributed by atoms with van der Waals surface area (Å²) in [5, 5.41) is 8.85. The highest BCUT2D eigenvalue weighted by molar-refractivity contribution is 5.11. The van der Waals surface area contributed by atoms with E-state index in [1.165, 1.54) is 48.8 Å². The molecule has 21 heavy (non-hydrogen) atoms. The van der Waals surface area contributed by atoms with Crippen molar-refractivity contribution in [3.05, 3.63) is 35.5 Å². The van der Waals surface area contributed by atoms with Crippen LogP contribution in [-0.2, 0) is 0 Å². The smallest absolute Gasteiger partial charge is 0.0614 e. The molecule has 0 saturated heterocycles. The van der Waals surface area contributed by atoms with E-state index in [0.717, 1.165) is 12.8 Å². The van der Waals surface area contributed by atoms with E-state index in [9.17, 15) is 0 Å². The molecule has 1 nitrogen and oxygen atoms in total. The lowest BCUT2D eigenvalue weighted by Gasteiger charge is -2.40. The van der Waals surface area contributed by atoms with E-state index in [4.69, 9.17) is 5.11 Å². The number of allylic oxidation sites excluding steroid dienone is 4. The minimum Gasteiger partial charge on any atom is -0.392 e. The van der Waals surface area contributed by atoms with Crippen molar-refractivity contribution in [1.29, 1.82) is 0 Å². The molecule has 0 bridgehead atoms. The topological polar surface area (TPSA) is 20.2 Å². The van der Waals surface area contributed by atoms with Gasteiger partial charge in [0.15, 0.2) is 0 Å². The summed E-state index contributed by atoms with van der Waals surface area (Å²) >= 11 is 0. The van der Waals surface area contributed by atoms with Gasteiger partial charge in [-0.25, -0.2) is 0 Å². The maximum absolute atomic E-state index is 8.85. The zero-order chi connectivity index (χ0) is 15.9. The molecule has 1 heteroatoms. The van der Waals surface area contributed by atoms with E-state index in [0.29, 0.717) is 11.3 Å². The van der Waals surface area contributed by atoms with E-state index < -0.39 is 0 Å². The van der Waals surface area contributed by atoms with Crippen LogP contribution in [0.1, 0.15) is 72.6 Å². The van der Waals surface area contributed by atoms with Gasteiger partial charge < -0.3 is 5.11 Å². The van der Waals surface area contributed by atoms with Crippen molar-refractivity contribution in [3.8, 4) is 0 Å². The molecule has 120 valence electrons. The number of rotatable bonds is 7. The second kappa shape index (κ2) is 8.58. The minimum absolute atomic E-state index is 0.160. The molecule has 0 spiro atoms. The van der Waals surface area contributed by atoms with Crippen LogP contribution in [-0.4, -0.2) is 11.7 Å². The van der Waals surface area contributed by atoms with E-state index in [1.54, 1.807) is 0 Å². The van der Waals surface area contributed by atoms with Gasteiger partial charge in [-0.3, -0.25) is 0 Å². The van der Waals surface area contributed by atoms with Crippen LogP contribution in [0.15, 0.2) is 35.5 Å². The third kappa shape index (κ3) is 6.22. The summed E-state index contributed by atoms with van der Waals surface area (Å²) < 4.78 is 0. The molecule has 1 aliphatic rings. The first-order chi connectivity index (χ1) is 9.86. The molecule has 1 atom stereocenters. The molecule has 0 amide bonds. The highest BCUT2D eigenvalue weighted by Crippen LogP contribution is 2.45. The van der Waals surface area contributed by atoms with Crippen molar-refractivity contribution in [3.63, 3.8) is 0 Å². The zero-order valence-electron chi connectivity index (χ0n) is 14.5. The highest BCUT2D eigenvalue weighted by atomic mass is 16.2. The molecule has 0 aromatic rings. The average Bonchev–Trinajstić information content (AvgIpc) is 2.37. The molecular weight excluding hydrogens is 256 g/mol. The quantitative estimate of drug-likeness (QED) is 0.586. The molecule has 0 unspecified atom stereocenters. The summed E-state index contributed by atoms with van der Waals surface area (Å²) in [4.78, 5) is 0. The van der Waals surface area contributed by atoms with Crippen LogP contribution in [0, 0.1) is 11.3 Å². The summed E-state index contributed by atoms with van der Waals surface area (Å²) in [5.41, 5.74) is 4.68. The largest absolute Gasteiger partial charge is 0.392 e. The molecule has 0 aromatic carbocycles. The summed E-state index contributed by atoms with van der Waals surface area (Å²) in [6.45, 7) is 13.6. The maximum Gasteiger partial charge on any atom is 0.0614 e. The van der Waals surface area contributed by atoms with Crippen LogP contribution in [0.2, 0.25) is 0 Å². The number of aliphatic hydroxyl groups excluding tert-OH is 1. The molecule has 0 heterocycles. The van der Waals surface area contributed by atoms with Crippen molar-refractivity contribution in [2.75, 3.05) is 6.61 Å². The number of hydrogen-bond acceptors (Lipinski definition) is 1. The Kier molecular flexibility index (Phi) is 7.45. The Labute approximate surface area is 131 Å². The molecule has 1 N–H and O–H groups in total. The molecule has 1 aliphatic carbocycles. The second-order valence-electron chi connectivity index (χ2n) is 7.41. The van der Waals surface area contributed by atoms with Gasteiger partial charge in [0.25, 0.3) is 0 Å². The van der Waals surface area contributed by atoms with Crippen molar-refractivity contribution in [2.45, 2.75) is 72.6 Å². The minimum atomic E-state index is 0.160. The van der Waals surface area contributed by atoms with Crippen molar-refractivity contribution in [2.24, 2.45) is 11.3 Å². The van der Waals surface area contributed by atoms with E-state index in [1.807, 2.05) is 6.08 Å². The predicted octanol–water partition coefficient (Wildman–Crippen LogP) is 5.81. The molecular formula is C20H34O. The van der Waals surface area contributed by atoms with Crippen LogP contribution in [0.25, 0.3) is 0 Å². The van der Waals surface area contributed by atoms with Crippen LogP contribution >= 0.6 is 0 Å². The van der Waals surface area contributed by atoms with Crippen LogP contribution < -0.4 is 0 Å². The highest BCUT2D eigenvalue weighted by Gasteiger charge is 2.33. The Morgan fingerprint density at radius 3 is 2.52 bits per heavy atom. The first kappa shape index (κ1) is 18.2. The lowest BCUT2D eigenvalue weighted by Crippen LogP contribution is -2.29. The van der Waals surface area contributed by atoms with Crippen molar-refractivity contribution < 1.29 is 5.11 Å². The normalized spacial score (nSPS) is 23.5. The molecule has 0 aromatic heterocycles. The standard InChI is InChI=1S/C20H34O/c1-16(8-6-9-17(2)13-15-21)11-12-19-18(3)10-7-14-20(19,4)5/h8,13,19,21H,3,6-7,9-12,14-15H2,1-2,4-5H3/b16-8-,17-13-/t19-/m1/s1. The Morgan fingerprint density at radius 1 is 1.24 bits per heavy atom. The zero-order valence-corrected chi connectivity index (χ0v) is 14.5. The van der Waals surface area contributed by atoms with Gasteiger partial charge in [-0.1, -0.05) is 49.3 Å². The predicted molar refractivity (Wildman–Crippen MR) is 93.3 cm³/mol. The monoisotopic (exact) mass is 290 g/mol. The first-order valence-corrected chi connectivity index (χ1v) is 8.46. The van der Waals surface area contributed by atoms with Gasteiger partial charge in [0.05, 0.1) is 6.61 Å². The van der Waals surface area contributed by atoms with Crippen molar-refractivity contribution >= 4 is 0 Å². The van der Waals surface area contributed by atoms with Gasteiger partial charge in [0, 0.05) is 0 Å². The van der Waals surface area contributed by atoms with Crippen LogP contribution in [0.4, 0.5) is 0 Å². The Balaban J connectivity index is 2.42. The van der Waals surface area contributed by atoms with Crippen LogP contribution in [0.5, 0.6) is 0 Å². The Hall–Kier alpha value is -0.820. The molecule has 1 rings (SSSR count). The van der Waals surface area contributed by atoms with E-state index in [2.05, 4.69) is 40.3 Å². The summed E-state index contributed by atoms with van der Waals surface area (Å²) in [5.74, 6) is 0.686. The van der Waals surface area contributed by atoms with E-state index in [-0.39, 0.29) is 6.61 Å². The fraction of sp³-hybridized carbons (Fsp3) is 0.700. The van der Waals surface area contributed by atoms with Gasteiger partial charge in [0.2, 0.25) is 0 Å². The van der Waals surface area contributed by atoms with Crippen LogP contribution in [0.3, 0.4) is 0 Å². The van der Waals surface area contributed by atoms with Gasteiger partial charge in [-0.15, -0.1) is 0 Å². The van der Waals surface area contributed by atoms with Gasteiger partial charge in [-0.2, -0.15) is 0 Å². The number of aliphatic hydroxyl groups is 1. The Bertz CT molecular complexity index is 398. The molecule has 0 aliphatic heterocycles. The molecule has 1 fully saturated rings.